The van der Waals surface area contributed by atoms with Crippen LogP contribution in [0.2, 0.25) is 0 Å². The molecule has 3 aromatic rings. The van der Waals surface area contributed by atoms with E-state index in [1.54, 1.807) is 29.9 Å². The summed E-state index contributed by atoms with van der Waals surface area (Å²) in [5.41, 5.74) is 5.76. The van der Waals surface area contributed by atoms with Crippen LogP contribution in [0.1, 0.15) is 36.5 Å². The molecule has 0 saturated carbocycles. The zero-order chi connectivity index (χ0) is 18.8. The Morgan fingerprint density at radius 3 is 2.52 bits per heavy atom. The SMILES string of the molecule is CCCC1=Nc2c(Sc3ccc(C)cc3)ncnc2Sc2ccc(C)cc21. The van der Waals surface area contributed by atoms with Crippen LogP contribution < -0.4 is 0 Å². The summed E-state index contributed by atoms with van der Waals surface area (Å²) in [7, 11) is 0. The average molecular weight is 392 g/mol. The van der Waals surface area contributed by atoms with E-state index in [1.807, 2.05) is 0 Å². The Morgan fingerprint density at radius 2 is 1.74 bits per heavy atom. The molecule has 1 aliphatic heterocycles. The fourth-order valence-corrected chi connectivity index (χ4v) is 4.86. The molecule has 136 valence electrons. The van der Waals surface area contributed by atoms with E-state index >= 15 is 0 Å². The van der Waals surface area contributed by atoms with Crippen molar-refractivity contribution in [3.05, 3.63) is 65.5 Å². The first kappa shape index (κ1) is 18.3. The Bertz CT molecular complexity index is 1010. The van der Waals surface area contributed by atoms with Gasteiger partial charge in [-0.05, 0) is 44.5 Å². The van der Waals surface area contributed by atoms with Gasteiger partial charge in [-0.3, -0.25) is 0 Å². The molecule has 0 unspecified atom stereocenters. The number of hydrogen-bond acceptors (Lipinski definition) is 5. The molecule has 1 aromatic heterocycles. The summed E-state index contributed by atoms with van der Waals surface area (Å²) in [6, 6.07) is 15.1. The molecule has 2 heterocycles. The molecule has 1 aliphatic rings. The topological polar surface area (TPSA) is 38.1 Å². The third kappa shape index (κ3) is 3.94. The molecule has 2 aromatic carbocycles. The smallest absolute Gasteiger partial charge is 0.131 e. The lowest BCUT2D eigenvalue weighted by molar-refractivity contribution is 0.952. The van der Waals surface area contributed by atoms with Gasteiger partial charge < -0.3 is 0 Å². The summed E-state index contributed by atoms with van der Waals surface area (Å²) in [6.07, 6.45) is 3.65. The maximum Gasteiger partial charge on any atom is 0.131 e. The van der Waals surface area contributed by atoms with Crippen molar-refractivity contribution in [2.45, 2.75) is 53.5 Å². The lowest BCUT2D eigenvalue weighted by Crippen LogP contribution is -2.01. The van der Waals surface area contributed by atoms with Gasteiger partial charge in [-0.1, -0.05) is 66.2 Å². The number of nitrogens with zero attached hydrogens (tertiary/aromatic N) is 3. The second kappa shape index (κ2) is 7.87. The molecular formula is C22H21N3S2. The minimum atomic E-state index is 0.894. The molecule has 0 saturated heterocycles. The first-order valence-corrected chi connectivity index (χ1v) is 10.7. The van der Waals surface area contributed by atoms with Crippen LogP contribution in [0.4, 0.5) is 5.69 Å². The first-order chi connectivity index (χ1) is 13.1. The molecule has 0 N–H and O–H groups in total. The molecule has 3 nitrogen and oxygen atoms in total. The van der Waals surface area contributed by atoms with Crippen molar-refractivity contribution in [3.63, 3.8) is 0 Å². The maximum atomic E-state index is 5.07. The van der Waals surface area contributed by atoms with Crippen molar-refractivity contribution in [3.8, 4) is 0 Å². The molecule has 4 rings (SSSR count). The number of benzene rings is 2. The van der Waals surface area contributed by atoms with Gasteiger partial charge in [0.1, 0.15) is 22.1 Å². The number of aliphatic imine (C=N–C) groups is 1. The van der Waals surface area contributed by atoms with Crippen LogP contribution in [0.25, 0.3) is 0 Å². The van der Waals surface area contributed by atoms with E-state index in [9.17, 15) is 0 Å². The largest absolute Gasteiger partial charge is 0.247 e. The van der Waals surface area contributed by atoms with Gasteiger partial charge in [0.05, 0.1) is 0 Å². The van der Waals surface area contributed by atoms with Crippen molar-refractivity contribution < 1.29 is 0 Å². The lowest BCUT2D eigenvalue weighted by atomic mass is 10.0. The summed E-state index contributed by atoms with van der Waals surface area (Å²) in [5.74, 6) is 0. The van der Waals surface area contributed by atoms with E-state index in [0.29, 0.717) is 0 Å². The number of rotatable bonds is 4. The zero-order valence-corrected chi connectivity index (χ0v) is 17.3. The van der Waals surface area contributed by atoms with Crippen LogP contribution in [0.3, 0.4) is 0 Å². The van der Waals surface area contributed by atoms with E-state index in [1.165, 1.54) is 21.6 Å². The zero-order valence-electron chi connectivity index (χ0n) is 15.7. The van der Waals surface area contributed by atoms with E-state index in [-0.39, 0.29) is 0 Å². The summed E-state index contributed by atoms with van der Waals surface area (Å²) >= 11 is 3.34. The lowest BCUT2D eigenvalue weighted by Gasteiger charge is -2.08. The molecule has 27 heavy (non-hydrogen) atoms. The molecule has 0 bridgehead atoms. The van der Waals surface area contributed by atoms with Gasteiger partial charge in [0.25, 0.3) is 0 Å². The van der Waals surface area contributed by atoms with Crippen LogP contribution in [0.5, 0.6) is 0 Å². The highest BCUT2D eigenvalue weighted by molar-refractivity contribution is 8.00. The highest BCUT2D eigenvalue weighted by Gasteiger charge is 2.21. The minimum Gasteiger partial charge on any atom is -0.247 e. The van der Waals surface area contributed by atoms with Crippen LogP contribution in [-0.2, 0) is 0 Å². The van der Waals surface area contributed by atoms with Crippen molar-refractivity contribution in [2.24, 2.45) is 4.99 Å². The molecule has 0 amide bonds. The number of hydrogen-bond donors (Lipinski definition) is 0. The van der Waals surface area contributed by atoms with Crippen LogP contribution in [0.15, 0.2) is 73.6 Å². The molecule has 0 aliphatic carbocycles. The molecule has 5 heteroatoms. The standard InChI is InChI=1S/C22H21N3S2/c1-4-5-18-17-12-15(3)8-11-19(17)27-22-20(25-18)21(23-13-24-22)26-16-9-6-14(2)7-10-16/h6-13H,4-5H2,1-3H3. The number of aryl methyl sites for hydroxylation is 2. The van der Waals surface area contributed by atoms with Gasteiger partial charge >= 0.3 is 0 Å². The van der Waals surface area contributed by atoms with Gasteiger partial charge in [0.2, 0.25) is 0 Å². The quantitative estimate of drug-likeness (QED) is 0.468. The maximum absolute atomic E-state index is 5.07. The van der Waals surface area contributed by atoms with Gasteiger partial charge in [0, 0.05) is 21.1 Å². The predicted molar refractivity (Wildman–Crippen MR) is 114 cm³/mol. The van der Waals surface area contributed by atoms with Gasteiger partial charge in [-0.25, -0.2) is 15.0 Å². The molecule has 0 atom stereocenters. The fraction of sp³-hybridized carbons (Fsp3) is 0.227. The normalized spacial score (nSPS) is 12.8. The number of aromatic nitrogens is 2. The van der Waals surface area contributed by atoms with E-state index < -0.39 is 0 Å². The van der Waals surface area contributed by atoms with Crippen LogP contribution in [-0.4, -0.2) is 15.7 Å². The Balaban J connectivity index is 1.81. The molecular weight excluding hydrogens is 370 g/mol. The van der Waals surface area contributed by atoms with Crippen LogP contribution >= 0.6 is 23.5 Å². The Kier molecular flexibility index (Phi) is 5.32. The minimum absolute atomic E-state index is 0.894. The summed E-state index contributed by atoms with van der Waals surface area (Å²) in [6.45, 7) is 6.42. The van der Waals surface area contributed by atoms with E-state index in [4.69, 9.17) is 4.99 Å². The second-order valence-electron chi connectivity index (χ2n) is 6.66. The molecule has 0 radical (unpaired) electrons. The van der Waals surface area contributed by atoms with Crippen molar-refractivity contribution in [2.75, 3.05) is 0 Å². The summed E-state index contributed by atoms with van der Waals surface area (Å²) in [5, 5.41) is 1.84. The van der Waals surface area contributed by atoms with E-state index in [0.717, 1.165) is 39.2 Å². The third-order valence-corrected chi connectivity index (χ3v) is 6.44. The Labute approximate surface area is 168 Å². The van der Waals surface area contributed by atoms with Crippen molar-refractivity contribution >= 4 is 34.9 Å². The Morgan fingerprint density at radius 1 is 0.963 bits per heavy atom. The van der Waals surface area contributed by atoms with E-state index in [2.05, 4.69) is 73.2 Å². The van der Waals surface area contributed by atoms with Gasteiger partial charge in [-0.15, -0.1) is 0 Å². The highest BCUT2D eigenvalue weighted by atomic mass is 32.2. The predicted octanol–water partition coefficient (Wildman–Crippen LogP) is 6.63. The third-order valence-electron chi connectivity index (χ3n) is 4.38. The van der Waals surface area contributed by atoms with Gasteiger partial charge in [0.15, 0.2) is 0 Å². The highest BCUT2D eigenvalue weighted by Crippen LogP contribution is 2.44. The van der Waals surface area contributed by atoms with Crippen LogP contribution in [0, 0.1) is 13.8 Å². The first-order valence-electron chi connectivity index (χ1n) is 9.10. The fourth-order valence-electron chi connectivity index (χ4n) is 3.00. The summed E-state index contributed by atoms with van der Waals surface area (Å²) < 4.78 is 0. The monoisotopic (exact) mass is 391 g/mol. The van der Waals surface area contributed by atoms with Crippen molar-refractivity contribution in [1.29, 1.82) is 0 Å². The summed E-state index contributed by atoms with van der Waals surface area (Å²) in [4.78, 5) is 16.6. The van der Waals surface area contributed by atoms with Crippen molar-refractivity contribution in [1.82, 2.24) is 9.97 Å². The van der Waals surface area contributed by atoms with Gasteiger partial charge in [-0.2, -0.15) is 0 Å². The number of fused-ring (bicyclic) bond motifs is 2. The second-order valence-corrected chi connectivity index (χ2v) is 8.75. The molecule has 0 spiro atoms. The molecule has 0 fully saturated rings. The Hall–Kier alpha value is -2.11. The average Bonchev–Trinajstić information content (AvgIpc) is 2.81.